The number of halogens is 1. The Labute approximate surface area is 210 Å². The lowest BCUT2D eigenvalue weighted by molar-refractivity contribution is 0.0943. The lowest BCUT2D eigenvalue weighted by atomic mass is 9.98. The van der Waals surface area contributed by atoms with Crippen molar-refractivity contribution in [3.05, 3.63) is 130 Å². The summed E-state index contributed by atoms with van der Waals surface area (Å²) in [6.07, 6.45) is 0. The topological polar surface area (TPSA) is 38.3 Å². The van der Waals surface area contributed by atoms with Crippen LogP contribution in [0.15, 0.2) is 108 Å². The van der Waals surface area contributed by atoms with E-state index < -0.39 is 0 Å². The maximum Gasteiger partial charge on any atom is 0.252 e. The van der Waals surface area contributed by atoms with Crippen LogP contribution in [0.2, 0.25) is 5.02 Å². The van der Waals surface area contributed by atoms with Crippen LogP contribution in [0.3, 0.4) is 0 Å². The first-order valence-corrected chi connectivity index (χ1v) is 12.5. The number of benzene rings is 4. The van der Waals surface area contributed by atoms with E-state index in [-0.39, 0.29) is 11.9 Å². The molecule has 0 aromatic heterocycles. The molecule has 1 amide bonds. The van der Waals surface area contributed by atoms with Crippen molar-refractivity contribution >= 4 is 29.3 Å². The van der Waals surface area contributed by atoms with Crippen LogP contribution in [0.25, 0.3) is 0 Å². The standard InChI is InChI=1S/C29H26ClNO2S/c1-2-33-27-18-13-23(19-24(27)20-34-26-16-14-25(30)15-17-26)29(32)31-28(21-9-5-3-6-10-21)22-11-7-4-8-12-22/h3-19,28H,2,20H2,1H3,(H,31,32). The quantitative estimate of drug-likeness (QED) is 0.248. The molecule has 0 fully saturated rings. The number of nitrogens with one attached hydrogen (secondary N) is 1. The molecule has 0 spiro atoms. The number of carbonyl (C=O) groups excluding carboxylic acids is 1. The minimum Gasteiger partial charge on any atom is -0.494 e. The van der Waals surface area contributed by atoms with Crippen molar-refractivity contribution in [2.45, 2.75) is 23.6 Å². The summed E-state index contributed by atoms with van der Waals surface area (Å²) in [5.74, 6) is 1.35. The van der Waals surface area contributed by atoms with Crippen LogP contribution in [0, 0.1) is 0 Å². The van der Waals surface area contributed by atoms with Gasteiger partial charge in [-0.2, -0.15) is 0 Å². The van der Waals surface area contributed by atoms with E-state index in [0.717, 1.165) is 27.3 Å². The van der Waals surface area contributed by atoms with Gasteiger partial charge in [0, 0.05) is 26.8 Å². The Morgan fingerprint density at radius 3 is 2.09 bits per heavy atom. The number of ether oxygens (including phenoxy) is 1. The molecule has 4 aromatic carbocycles. The van der Waals surface area contributed by atoms with Gasteiger partial charge in [0.1, 0.15) is 5.75 Å². The van der Waals surface area contributed by atoms with Crippen molar-refractivity contribution in [2.75, 3.05) is 6.61 Å². The lowest BCUT2D eigenvalue weighted by Gasteiger charge is -2.20. The van der Waals surface area contributed by atoms with Gasteiger partial charge in [0.25, 0.3) is 5.91 Å². The highest BCUT2D eigenvalue weighted by Crippen LogP contribution is 2.30. The molecule has 0 bridgehead atoms. The van der Waals surface area contributed by atoms with E-state index in [1.54, 1.807) is 11.8 Å². The summed E-state index contributed by atoms with van der Waals surface area (Å²) in [7, 11) is 0. The predicted octanol–water partition coefficient (Wildman–Crippen LogP) is 7.55. The van der Waals surface area contributed by atoms with Gasteiger partial charge in [-0.3, -0.25) is 4.79 Å². The molecule has 172 valence electrons. The Hall–Kier alpha value is -3.21. The molecular formula is C29H26ClNO2S. The van der Waals surface area contributed by atoms with E-state index in [2.05, 4.69) is 5.32 Å². The van der Waals surface area contributed by atoms with Crippen LogP contribution in [-0.4, -0.2) is 12.5 Å². The van der Waals surface area contributed by atoms with Crippen molar-refractivity contribution in [1.82, 2.24) is 5.32 Å². The van der Waals surface area contributed by atoms with Crippen LogP contribution >= 0.6 is 23.4 Å². The van der Waals surface area contributed by atoms with Crippen LogP contribution in [-0.2, 0) is 5.75 Å². The Balaban J connectivity index is 1.57. The van der Waals surface area contributed by atoms with Crippen LogP contribution in [0.4, 0.5) is 0 Å². The van der Waals surface area contributed by atoms with E-state index in [1.807, 2.05) is 110 Å². The third kappa shape index (κ3) is 6.22. The number of rotatable bonds is 9. The van der Waals surface area contributed by atoms with Gasteiger partial charge in [0.2, 0.25) is 0 Å². The molecule has 0 aliphatic rings. The number of hydrogen-bond acceptors (Lipinski definition) is 3. The third-order valence-electron chi connectivity index (χ3n) is 5.37. The van der Waals surface area contributed by atoms with Crippen molar-refractivity contribution < 1.29 is 9.53 Å². The van der Waals surface area contributed by atoms with Gasteiger partial charge in [0.05, 0.1) is 12.6 Å². The van der Waals surface area contributed by atoms with Gasteiger partial charge in [-0.05, 0) is 60.5 Å². The maximum atomic E-state index is 13.4. The first-order valence-electron chi connectivity index (χ1n) is 11.2. The summed E-state index contributed by atoms with van der Waals surface area (Å²) in [5, 5.41) is 3.94. The normalized spacial score (nSPS) is 10.8. The maximum absolute atomic E-state index is 13.4. The molecule has 0 saturated heterocycles. The van der Waals surface area contributed by atoms with Gasteiger partial charge in [0.15, 0.2) is 0 Å². The predicted molar refractivity (Wildman–Crippen MR) is 141 cm³/mol. The molecule has 4 rings (SSSR count). The summed E-state index contributed by atoms with van der Waals surface area (Å²) in [5.41, 5.74) is 3.65. The minimum absolute atomic E-state index is 0.126. The lowest BCUT2D eigenvalue weighted by Crippen LogP contribution is -2.29. The number of carbonyl (C=O) groups is 1. The third-order valence-corrected chi connectivity index (χ3v) is 6.68. The van der Waals surface area contributed by atoms with Gasteiger partial charge >= 0.3 is 0 Å². The second-order valence-electron chi connectivity index (χ2n) is 7.73. The molecular weight excluding hydrogens is 462 g/mol. The van der Waals surface area contributed by atoms with Gasteiger partial charge in [-0.15, -0.1) is 11.8 Å². The van der Waals surface area contributed by atoms with Crippen molar-refractivity contribution in [1.29, 1.82) is 0 Å². The second kappa shape index (κ2) is 11.8. The van der Waals surface area contributed by atoms with E-state index in [0.29, 0.717) is 22.9 Å². The minimum atomic E-state index is -0.242. The zero-order valence-corrected chi connectivity index (χ0v) is 20.5. The van der Waals surface area contributed by atoms with Crippen LogP contribution in [0.1, 0.15) is 40.0 Å². The molecule has 3 nitrogen and oxygen atoms in total. The molecule has 4 aromatic rings. The van der Waals surface area contributed by atoms with Crippen LogP contribution < -0.4 is 10.1 Å². The molecule has 0 heterocycles. The molecule has 0 unspecified atom stereocenters. The fraction of sp³-hybridized carbons (Fsp3) is 0.138. The van der Waals surface area contributed by atoms with E-state index in [9.17, 15) is 4.79 Å². The highest BCUT2D eigenvalue weighted by molar-refractivity contribution is 7.98. The smallest absolute Gasteiger partial charge is 0.252 e. The summed E-state index contributed by atoms with van der Waals surface area (Å²) >= 11 is 7.69. The molecule has 0 aliphatic carbocycles. The molecule has 34 heavy (non-hydrogen) atoms. The average Bonchev–Trinajstić information content (AvgIpc) is 2.88. The fourth-order valence-electron chi connectivity index (χ4n) is 3.69. The SMILES string of the molecule is CCOc1ccc(C(=O)NC(c2ccccc2)c2ccccc2)cc1CSc1ccc(Cl)cc1. The summed E-state index contributed by atoms with van der Waals surface area (Å²) in [6, 6.07) is 33.2. The summed E-state index contributed by atoms with van der Waals surface area (Å²) in [6.45, 7) is 2.52. The Morgan fingerprint density at radius 2 is 1.50 bits per heavy atom. The molecule has 0 radical (unpaired) electrons. The zero-order chi connectivity index (χ0) is 23.8. The molecule has 0 aliphatic heterocycles. The Morgan fingerprint density at radius 1 is 0.882 bits per heavy atom. The second-order valence-corrected chi connectivity index (χ2v) is 9.21. The first-order chi connectivity index (χ1) is 16.6. The van der Waals surface area contributed by atoms with Crippen molar-refractivity contribution in [2.24, 2.45) is 0 Å². The largest absolute Gasteiger partial charge is 0.494 e. The molecule has 5 heteroatoms. The van der Waals surface area contributed by atoms with E-state index in [4.69, 9.17) is 16.3 Å². The van der Waals surface area contributed by atoms with Crippen molar-refractivity contribution in [3.63, 3.8) is 0 Å². The monoisotopic (exact) mass is 487 g/mol. The van der Waals surface area contributed by atoms with Gasteiger partial charge in [-0.1, -0.05) is 72.3 Å². The van der Waals surface area contributed by atoms with Gasteiger partial charge in [-0.25, -0.2) is 0 Å². The van der Waals surface area contributed by atoms with Crippen molar-refractivity contribution in [3.8, 4) is 5.75 Å². The van der Waals surface area contributed by atoms with Gasteiger partial charge < -0.3 is 10.1 Å². The number of hydrogen-bond donors (Lipinski definition) is 1. The Kier molecular flexibility index (Phi) is 8.29. The highest BCUT2D eigenvalue weighted by Gasteiger charge is 2.19. The molecule has 1 N–H and O–H groups in total. The average molecular weight is 488 g/mol. The number of thioether (sulfide) groups is 1. The molecule has 0 saturated carbocycles. The number of amides is 1. The Bertz CT molecular complexity index is 1170. The van der Waals surface area contributed by atoms with E-state index >= 15 is 0 Å². The molecule has 0 atom stereocenters. The summed E-state index contributed by atoms with van der Waals surface area (Å²) < 4.78 is 5.83. The van der Waals surface area contributed by atoms with E-state index in [1.165, 1.54) is 0 Å². The zero-order valence-electron chi connectivity index (χ0n) is 18.9. The first kappa shape index (κ1) is 23.9. The summed E-state index contributed by atoms with van der Waals surface area (Å²) in [4.78, 5) is 14.5. The van der Waals surface area contributed by atoms with Crippen LogP contribution in [0.5, 0.6) is 5.75 Å². The fourth-order valence-corrected chi connectivity index (χ4v) is 4.69. The highest BCUT2D eigenvalue weighted by atomic mass is 35.5.